The van der Waals surface area contributed by atoms with Crippen molar-refractivity contribution in [3.63, 3.8) is 0 Å². The van der Waals surface area contributed by atoms with E-state index in [1.807, 2.05) is 30.3 Å². The van der Waals surface area contributed by atoms with E-state index in [2.05, 4.69) is 5.32 Å². The third kappa shape index (κ3) is 3.34. The maximum absolute atomic E-state index is 12.1. The monoisotopic (exact) mass is 311 g/mol. The average molecular weight is 311 g/mol. The molecule has 0 aliphatic carbocycles. The molecule has 1 heterocycles. The Balaban J connectivity index is 1.89. The molecule has 1 aliphatic heterocycles. The Morgan fingerprint density at radius 3 is 2.78 bits per heavy atom. The van der Waals surface area contributed by atoms with Crippen molar-refractivity contribution in [1.29, 1.82) is 0 Å². The van der Waals surface area contributed by atoms with E-state index in [0.29, 0.717) is 35.8 Å². The predicted molar refractivity (Wildman–Crippen MR) is 86.0 cm³/mol. The number of hydrogen-bond donors (Lipinski definition) is 1. The van der Waals surface area contributed by atoms with Crippen molar-refractivity contribution in [2.45, 2.75) is 20.0 Å². The van der Waals surface area contributed by atoms with Crippen LogP contribution in [0.2, 0.25) is 0 Å². The highest BCUT2D eigenvalue weighted by atomic mass is 16.5. The van der Waals surface area contributed by atoms with Crippen LogP contribution >= 0.6 is 0 Å². The first-order valence-corrected chi connectivity index (χ1v) is 7.48. The number of carbonyl (C=O) groups excluding carboxylic acids is 2. The molecule has 2 aromatic rings. The van der Waals surface area contributed by atoms with E-state index in [4.69, 9.17) is 9.47 Å². The second kappa shape index (κ2) is 6.52. The maximum Gasteiger partial charge on any atom is 0.262 e. The van der Waals surface area contributed by atoms with Crippen LogP contribution in [-0.2, 0) is 11.4 Å². The van der Waals surface area contributed by atoms with Gasteiger partial charge in [-0.3, -0.25) is 9.59 Å². The van der Waals surface area contributed by atoms with Crippen molar-refractivity contribution < 1.29 is 19.1 Å². The van der Waals surface area contributed by atoms with E-state index >= 15 is 0 Å². The van der Waals surface area contributed by atoms with Crippen LogP contribution in [0.1, 0.15) is 29.3 Å². The van der Waals surface area contributed by atoms with Crippen LogP contribution in [0.4, 0.5) is 5.69 Å². The van der Waals surface area contributed by atoms with Gasteiger partial charge in [-0.05, 0) is 11.6 Å². The van der Waals surface area contributed by atoms with Crippen LogP contribution < -0.4 is 14.8 Å². The summed E-state index contributed by atoms with van der Waals surface area (Å²) in [7, 11) is 0. The Morgan fingerprint density at radius 2 is 2.04 bits per heavy atom. The number of amides is 1. The number of fused-ring (bicyclic) bond motifs is 1. The first-order chi connectivity index (χ1) is 11.2. The smallest absolute Gasteiger partial charge is 0.262 e. The molecular formula is C18H17NO4. The van der Waals surface area contributed by atoms with Gasteiger partial charge in [0.2, 0.25) is 0 Å². The maximum atomic E-state index is 12.1. The summed E-state index contributed by atoms with van der Waals surface area (Å²) in [6, 6.07) is 13.1. The van der Waals surface area contributed by atoms with E-state index in [0.717, 1.165) is 5.56 Å². The summed E-state index contributed by atoms with van der Waals surface area (Å²) in [6.45, 7) is 2.09. The molecule has 0 unspecified atom stereocenters. The molecule has 3 rings (SSSR count). The van der Waals surface area contributed by atoms with Gasteiger partial charge < -0.3 is 14.8 Å². The molecule has 118 valence electrons. The summed E-state index contributed by atoms with van der Waals surface area (Å²) in [4.78, 5) is 23.7. The van der Waals surface area contributed by atoms with Crippen molar-refractivity contribution in [2.24, 2.45) is 0 Å². The van der Waals surface area contributed by atoms with Crippen LogP contribution in [0.5, 0.6) is 11.5 Å². The largest absolute Gasteiger partial charge is 0.489 e. The second-order valence-corrected chi connectivity index (χ2v) is 5.24. The molecule has 0 radical (unpaired) electrons. The molecule has 2 aromatic carbocycles. The fourth-order valence-electron chi connectivity index (χ4n) is 2.40. The van der Waals surface area contributed by atoms with Gasteiger partial charge in [0.1, 0.15) is 12.4 Å². The van der Waals surface area contributed by atoms with Crippen molar-refractivity contribution in [3.05, 3.63) is 53.6 Å². The third-order valence-electron chi connectivity index (χ3n) is 3.55. The summed E-state index contributed by atoms with van der Waals surface area (Å²) < 4.78 is 11.2. The number of ether oxygens (including phenoxy) is 2. The van der Waals surface area contributed by atoms with E-state index in [-0.39, 0.29) is 18.3 Å². The number of nitrogens with one attached hydrogen (secondary N) is 1. The minimum Gasteiger partial charge on any atom is -0.489 e. The van der Waals surface area contributed by atoms with Gasteiger partial charge in [-0.2, -0.15) is 0 Å². The molecule has 0 atom stereocenters. The van der Waals surface area contributed by atoms with Gasteiger partial charge in [0, 0.05) is 12.5 Å². The van der Waals surface area contributed by atoms with Gasteiger partial charge in [0.25, 0.3) is 5.91 Å². The molecule has 0 saturated carbocycles. The van der Waals surface area contributed by atoms with Crippen LogP contribution in [0.3, 0.4) is 0 Å². The number of carbonyl (C=O) groups is 2. The van der Waals surface area contributed by atoms with E-state index in [1.165, 1.54) is 0 Å². The van der Waals surface area contributed by atoms with Gasteiger partial charge in [-0.1, -0.05) is 37.3 Å². The molecular weight excluding hydrogens is 294 g/mol. The average Bonchev–Trinajstić information content (AvgIpc) is 2.59. The molecule has 1 N–H and O–H groups in total. The molecule has 0 spiro atoms. The molecule has 5 nitrogen and oxygen atoms in total. The summed E-state index contributed by atoms with van der Waals surface area (Å²) >= 11 is 0. The number of hydrogen-bond acceptors (Lipinski definition) is 4. The standard InChI is InChI=1S/C18H17NO4/c1-2-16(20)14-8-13(22-10-12-6-4-3-5-7-12)9-15-18(14)23-11-17(21)19-15/h3-9H,2,10-11H2,1H3,(H,19,21). The lowest BCUT2D eigenvalue weighted by Gasteiger charge is -2.21. The lowest BCUT2D eigenvalue weighted by atomic mass is 10.0. The normalized spacial score (nSPS) is 12.8. The summed E-state index contributed by atoms with van der Waals surface area (Å²) in [5.41, 5.74) is 1.94. The second-order valence-electron chi connectivity index (χ2n) is 5.24. The number of ketones is 1. The van der Waals surface area contributed by atoms with Gasteiger partial charge >= 0.3 is 0 Å². The van der Waals surface area contributed by atoms with Gasteiger partial charge in [-0.25, -0.2) is 0 Å². The molecule has 0 fully saturated rings. The van der Waals surface area contributed by atoms with Crippen LogP contribution in [0.25, 0.3) is 0 Å². The topological polar surface area (TPSA) is 64.6 Å². The molecule has 0 aromatic heterocycles. The van der Waals surface area contributed by atoms with Crippen LogP contribution in [0, 0.1) is 0 Å². The Hall–Kier alpha value is -2.82. The van der Waals surface area contributed by atoms with Crippen molar-refractivity contribution >= 4 is 17.4 Å². The Labute approximate surface area is 134 Å². The number of Topliss-reactive ketones (excluding diaryl/α,β-unsaturated/α-hetero) is 1. The zero-order chi connectivity index (χ0) is 16.2. The highest BCUT2D eigenvalue weighted by Gasteiger charge is 2.23. The molecule has 0 saturated heterocycles. The summed E-state index contributed by atoms with van der Waals surface area (Å²) in [6.07, 6.45) is 0.353. The number of rotatable bonds is 5. The van der Waals surface area contributed by atoms with Gasteiger partial charge in [-0.15, -0.1) is 0 Å². The van der Waals surface area contributed by atoms with E-state index in [1.54, 1.807) is 19.1 Å². The quantitative estimate of drug-likeness (QED) is 0.861. The Morgan fingerprint density at radius 1 is 1.26 bits per heavy atom. The van der Waals surface area contributed by atoms with Crippen LogP contribution in [-0.4, -0.2) is 18.3 Å². The minimum atomic E-state index is -0.243. The zero-order valence-corrected chi connectivity index (χ0v) is 12.8. The van der Waals surface area contributed by atoms with Crippen LogP contribution in [0.15, 0.2) is 42.5 Å². The van der Waals surface area contributed by atoms with Gasteiger partial charge in [0.05, 0.1) is 11.3 Å². The highest BCUT2D eigenvalue weighted by molar-refractivity contribution is 6.04. The fraction of sp³-hybridized carbons (Fsp3) is 0.222. The summed E-state index contributed by atoms with van der Waals surface area (Å²) in [5.74, 6) is 0.647. The zero-order valence-electron chi connectivity index (χ0n) is 12.8. The van der Waals surface area contributed by atoms with Crippen molar-refractivity contribution in [1.82, 2.24) is 0 Å². The molecule has 1 amide bonds. The Kier molecular flexibility index (Phi) is 4.28. The molecule has 23 heavy (non-hydrogen) atoms. The molecule has 1 aliphatic rings. The van der Waals surface area contributed by atoms with Crippen molar-refractivity contribution in [2.75, 3.05) is 11.9 Å². The highest BCUT2D eigenvalue weighted by Crippen LogP contribution is 2.36. The first-order valence-electron chi connectivity index (χ1n) is 7.48. The van der Waals surface area contributed by atoms with Gasteiger partial charge in [0.15, 0.2) is 18.1 Å². The van der Waals surface area contributed by atoms with Crippen molar-refractivity contribution in [3.8, 4) is 11.5 Å². The number of anilines is 1. The predicted octanol–water partition coefficient (Wildman–Crippen LogP) is 3.19. The minimum absolute atomic E-state index is 0.0532. The number of benzene rings is 2. The Bertz CT molecular complexity index is 740. The SMILES string of the molecule is CCC(=O)c1cc(OCc2ccccc2)cc2c1OCC(=O)N2. The summed E-state index contributed by atoms with van der Waals surface area (Å²) in [5, 5.41) is 2.72. The lowest BCUT2D eigenvalue weighted by molar-refractivity contribution is -0.118. The van der Waals surface area contributed by atoms with E-state index < -0.39 is 0 Å². The fourth-order valence-corrected chi connectivity index (χ4v) is 2.40. The third-order valence-corrected chi connectivity index (χ3v) is 3.55. The van der Waals surface area contributed by atoms with E-state index in [9.17, 15) is 9.59 Å². The molecule has 5 heteroatoms. The molecule has 0 bridgehead atoms. The lowest BCUT2D eigenvalue weighted by Crippen LogP contribution is -2.26. The first kappa shape index (κ1) is 15.1.